The predicted octanol–water partition coefficient (Wildman–Crippen LogP) is 9.63. The maximum atomic E-state index is 6.08. The van der Waals surface area contributed by atoms with E-state index >= 15 is 0 Å². The van der Waals surface area contributed by atoms with Crippen LogP contribution < -0.4 is 0 Å². The number of hydrogen-bond acceptors (Lipinski definition) is 5. The van der Waals surface area contributed by atoms with Crippen molar-refractivity contribution in [3.63, 3.8) is 0 Å². The molecular weight excluding hydrogens is 528 g/mol. The first kappa shape index (κ1) is 23.7. The first-order chi connectivity index (χ1) is 21.3. The Labute approximate surface area is 246 Å². The lowest BCUT2D eigenvalue weighted by Crippen LogP contribution is -2.00. The van der Waals surface area contributed by atoms with E-state index in [4.69, 9.17) is 19.4 Å². The van der Waals surface area contributed by atoms with E-state index in [9.17, 15) is 0 Å². The number of fused-ring (bicyclic) bond motifs is 8. The first-order valence-electron chi connectivity index (χ1n) is 14.2. The Kier molecular flexibility index (Phi) is 5.13. The van der Waals surface area contributed by atoms with Gasteiger partial charge in [-0.3, -0.25) is 0 Å². The molecule has 0 unspecified atom stereocenters. The molecule has 5 nitrogen and oxygen atoms in total. The van der Waals surface area contributed by atoms with Gasteiger partial charge >= 0.3 is 0 Å². The second-order valence-corrected chi connectivity index (χ2v) is 10.7. The van der Waals surface area contributed by atoms with Gasteiger partial charge in [-0.25, -0.2) is 19.9 Å². The van der Waals surface area contributed by atoms with Crippen molar-refractivity contribution in [1.29, 1.82) is 0 Å². The quantitative estimate of drug-likeness (QED) is 0.205. The van der Waals surface area contributed by atoms with Gasteiger partial charge in [0.2, 0.25) is 5.71 Å². The van der Waals surface area contributed by atoms with Crippen LogP contribution in [0.15, 0.2) is 138 Å². The molecule has 0 aliphatic rings. The van der Waals surface area contributed by atoms with Crippen LogP contribution in [0.5, 0.6) is 0 Å². The molecule has 0 atom stereocenters. The zero-order valence-electron chi connectivity index (χ0n) is 22.9. The molecule has 0 radical (unpaired) electrons. The summed E-state index contributed by atoms with van der Waals surface area (Å²) in [6, 6.07) is 43.8. The van der Waals surface area contributed by atoms with Gasteiger partial charge in [-0.05, 0) is 50.5 Å². The van der Waals surface area contributed by atoms with Gasteiger partial charge in [0.05, 0.1) is 5.39 Å². The fourth-order valence-corrected chi connectivity index (χ4v) is 6.13. The second kappa shape index (κ2) is 9.29. The molecule has 9 aromatic rings. The second-order valence-electron chi connectivity index (χ2n) is 10.7. The Bertz CT molecular complexity index is 2520. The maximum Gasteiger partial charge on any atom is 0.228 e. The number of rotatable bonds is 3. The summed E-state index contributed by atoms with van der Waals surface area (Å²) in [5, 5.41) is 9.12. The molecule has 3 aromatic heterocycles. The Morgan fingerprint density at radius 2 is 1.09 bits per heavy atom. The molecule has 0 aliphatic carbocycles. The zero-order chi connectivity index (χ0) is 28.3. The van der Waals surface area contributed by atoms with Crippen LogP contribution in [0.3, 0.4) is 0 Å². The minimum atomic E-state index is 0.561. The largest absolute Gasteiger partial charge is 0.438 e. The summed E-state index contributed by atoms with van der Waals surface area (Å²) in [4.78, 5) is 19.6. The topological polar surface area (TPSA) is 64.7 Å². The van der Waals surface area contributed by atoms with Crippen molar-refractivity contribution in [2.24, 2.45) is 0 Å². The predicted molar refractivity (Wildman–Crippen MR) is 174 cm³/mol. The van der Waals surface area contributed by atoms with Crippen LogP contribution in [-0.2, 0) is 0 Å². The number of hydrogen-bond donors (Lipinski definition) is 0. The van der Waals surface area contributed by atoms with Crippen LogP contribution >= 0.6 is 0 Å². The van der Waals surface area contributed by atoms with E-state index in [0.29, 0.717) is 23.2 Å². The molecule has 0 bridgehead atoms. The Morgan fingerprint density at radius 3 is 1.95 bits per heavy atom. The number of furan rings is 1. The lowest BCUT2D eigenvalue weighted by atomic mass is 9.96. The molecule has 6 aromatic carbocycles. The Morgan fingerprint density at radius 1 is 0.442 bits per heavy atom. The van der Waals surface area contributed by atoms with E-state index in [2.05, 4.69) is 71.7 Å². The molecule has 0 amide bonds. The van der Waals surface area contributed by atoms with Crippen LogP contribution in [-0.4, -0.2) is 19.9 Å². The molecular formula is C38H22N4O. The van der Waals surface area contributed by atoms with Crippen molar-refractivity contribution in [3.8, 4) is 34.2 Å². The summed E-state index contributed by atoms with van der Waals surface area (Å²) >= 11 is 0. The van der Waals surface area contributed by atoms with Crippen molar-refractivity contribution in [2.75, 3.05) is 0 Å². The van der Waals surface area contributed by atoms with Crippen LogP contribution in [0.1, 0.15) is 0 Å². The highest BCUT2D eigenvalue weighted by atomic mass is 16.3. The van der Waals surface area contributed by atoms with Crippen molar-refractivity contribution in [1.82, 2.24) is 19.9 Å². The molecule has 3 heterocycles. The minimum absolute atomic E-state index is 0.561. The van der Waals surface area contributed by atoms with Gasteiger partial charge in [0.25, 0.3) is 0 Å². The van der Waals surface area contributed by atoms with Crippen LogP contribution in [0, 0.1) is 0 Å². The van der Waals surface area contributed by atoms with Crippen molar-refractivity contribution >= 4 is 54.4 Å². The van der Waals surface area contributed by atoms with Crippen molar-refractivity contribution in [2.45, 2.75) is 0 Å². The van der Waals surface area contributed by atoms with E-state index in [1.807, 2.05) is 60.7 Å². The lowest BCUT2D eigenvalue weighted by Gasteiger charge is -2.11. The fraction of sp³-hybridized carbons (Fsp3) is 0. The van der Waals surface area contributed by atoms with Gasteiger partial charge in [-0.15, -0.1) is 0 Å². The summed E-state index contributed by atoms with van der Waals surface area (Å²) < 4.78 is 6.08. The van der Waals surface area contributed by atoms with Gasteiger partial charge < -0.3 is 4.42 Å². The summed E-state index contributed by atoms with van der Waals surface area (Å²) in [5.74, 6) is 1.80. The monoisotopic (exact) mass is 550 g/mol. The van der Waals surface area contributed by atoms with Gasteiger partial charge in [-0.1, -0.05) is 109 Å². The Balaban J connectivity index is 1.31. The SMILES string of the molecule is c1ccc(-c2nc(-c3ccc4ccc5c6ccccc6ccc5c4c3)nc(-c3ccnc4oc5ccccc5c34)n2)cc1. The summed E-state index contributed by atoms with van der Waals surface area (Å²) in [6.45, 7) is 0. The smallest absolute Gasteiger partial charge is 0.228 e. The van der Waals surface area contributed by atoms with E-state index in [1.54, 1.807) is 6.20 Å². The number of benzene rings is 6. The molecule has 200 valence electrons. The molecule has 0 aliphatic heterocycles. The van der Waals surface area contributed by atoms with Gasteiger partial charge in [-0.2, -0.15) is 0 Å². The molecule has 0 saturated heterocycles. The number of aromatic nitrogens is 4. The summed E-state index contributed by atoms with van der Waals surface area (Å²) in [7, 11) is 0. The number of para-hydroxylation sites is 1. The van der Waals surface area contributed by atoms with Crippen LogP contribution in [0.4, 0.5) is 0 Å². The Hall–Kier alpha value is -5.94. The highest BCUT2D eigenvalue weighted by Crippen LogP contribution is 2.37. The zero-order valence-corrected chi connectivity index (χ0v) is 22.9. The third kappa shape index (κ3) is 3.79. The van der Waals surface area contributed by atoms with Crippen molar-refractivity contribution in [3.05, 3.63) is 134 Å². The molecule has 0 saturated carbocycles. The third-order valence-corrected chi connectivity index (χ3v) is 8.19. The molecule has 43 heavy (non-hydrogen) atoms. The summed E-state index contributed by atoms with van der Waals surface area (Å²) in [5.41, 5.74) is 4.05. The highest BCUT2D eigenvalue weighted by Gasteiger charge is 2.18. The first-order valence-corrected chi connectivity index (χ1v) is 14.2. The minimum Gasteiger partial charge on any atom is -0.438 e. The highest BCUT2D eigenvalue weighted by molar-refractivity contribution is 6.17. The van der Waals surface area contributed by atoms with E-state index in [0.717, 1.165) is 38.4 Å². The maximum absolute atomic E-state index is 6.08. The summed E-state index contributed by atoms with van der Waals surface area (Å²) in [6.07, 6.45) is 1.75. The third-order valence-electron chi connectivity index (χ3n) is 8.19. The van der Waals surface area contributed by atoms with Crippen molar-refractivity contribution < 1.29 is 4.42 Å². The molecule has 9 rings (SSSR count). The lowest BCUT2D eigenvalue weighted by molar-refractivity contribution is 0.654. The average Bonchev–Trinajstić information content (AvgIpc) is 3.47. The van der Waals surface area contributed by atoms with E-state index < -0.39 is 0 Å². The fourth-order valence-electron chi connectivity index (χ4n) is 6.13. The average molecular weight is 551 g/mol. The molecule has 0 N–H and O–H groups in total. The van der Waals surface area contributed by atoms with Gasteiger partial charge in [0.1, 0.15) is 5.58 Å². The molecule has 5 heteroatoms. The van der Waals surface area contributed by atoms with E-state index in [-0.39, 0.29) is 0 Å². The number of pyridine rings is 1. The normalized spacial score (nSPS) is 11.7. The van der Waals surface area contributed by atoms with Gasteiger partial charge in [0, 0.05) is 28.3 Å². The van der Waals surface area contributed by atoms with Crippen LogP contribution in [0.2, 0.25) is 0 Å². The molecule has 0 fully saturated rings. The van der Waals surface area contributed by atoms with Gasteiger partial charge in [0.15, 0.2) is 17.5 Å². The standard InChI is InChI=1S/C38H22N4O/c1-2-9-25(10-3-1)35-40-36(42-37(41-35)31-20-21-39-38-34(31)30-12-6-7-13-33(30)43-38)26-15-14-24-17-18-28-27-11-5-4-8-23(27)16-19-29(28)32(24)22-26/h1-22H. The molecule has 0 spiro atoms. The van der Waals surface area contributed by atoms with Crippen LogP contribution in [0.25, 0.3) is 88.5 Å². The number of nitrogens with zero attached hydrogens (tertiary/aromatic N) is 4. The van der Waals surface area contributed by atoms with E-state index in [1.165, 1.54) is 26.9 Å².